The number of carbonyl (C=O) groups is 11. The van der Waals surface area contributed by atoms with Gasteiger partial charge in [0.2, 0.25) is 0 Å². The van der Waals surface area contributed by atoms with Crippen LogP contribution in [0.4, 0.5) is 4.79 Å². The van der Waals surface area contributed by atoms with Crippen molar-refractivity contribution in [3.05, 3.63) is 0 Å². The number of carboxylic acid groups (broad SMARTS) is 11. The van der Waals surface area contributed by atoms with Crippen molar-refractivity contribution in [3.63, 3.8) is 0 Å². The molecule has 0 aromatic carbocycles. The lowest BCUT2D eigenvalue weighted by atomic mass is 10.1. The number of likely N-dealkylation sites (tertiary alicyclic amines) is 1. The minimum atomic E-state index is -1.34. The zero-order valence-electron chi connectivity index (χ0n) is 41.6. The van der Waals surface area contributed by atoms with E-state index in [-0.39, 0.29) is 104 Å². The molecule has 1 fully saturated rings. The van der Waals surface area contributed by atoms with Gasteiger partial charge in [-0.1, -0.05) is 0 Å². The number of unbranched alkanes of at least 4 members (excludes halogenated alkanes) is 2. The van der Waals surface area contributed by atoms with Crippen molar-refractivity contribution in [1.82, 2.24) is 34.3 Å². The minimum Gasteiger partial charge on any atom is -0.480 e. The van der Waals surface area contributed by atoms with Crippen molar-refractivity contribution >= 4 is 78.6 Å². The first-order chi connectivity index (χ1) is 35.8. The maximum atomic E-state index is 12.5. The molecule has 1 aliphatic heterocycles. The molecule has 33 heteroatoms. The Kier molecular flexibility index (Phi) is 32.1. The fraction of sp³-hybridized carbons (Fsp3) is 0.698. The molecule has 1 heterocycles. The summed E-state index contributed by atoms with van der Waals surface area (Å²) in [5.74, 6) is -13.3. The van der Waals surface area contributed by atoms with Crippen LogP contribution in [0, 0.1) is 0 Å². The molecule has 0 aromatic rings. The van der Waals surface area contributed by atoms with Gasteiger partial charge in [-0.3, -0.25) is 87.3 Å². The van der Waals surface area contributed by atoms with Crippen molar-refractivity contribution in [3.8, 4) is 0 Å². The third-order valence-corrected chi connectivity index (χ3v) is 11.3. The molecule has 0 bridgehead atoms. The fourth-order valence-corrected chi connectivity index (χ4v) is 7.83. The van der Waals surface area contributed by atoms with Crippen LogP contribution in [0.5, 0.6) is 0 Å². The maximum absolute atomic E-state index is 12.5. The van der Waals surface area contributed by atoms with E-state index >= 15 is 0 Å². The average molecular weight is 1100 g/mol. The van der Waals surface area contributed by atoms with E-state index in [0.29, 0.717) is 12.8 Å². The molecule has 0 spiro atoms. The molecule has 1 amide bonds. The van der Waals surface area contributed by atoms with Crippen molar-refractivity contribution in [1.29, 1.82) is 0 Å². The number of amides is 1. The summed E-state index contributed by atoms with van der Waals surface area (Å²) in [4.78, 5) is 144. The summed E-state index contributed by atoms with van der Waals surface area (Å²) in [7, 11) is 0. The first-order valence-electron chi connectivity index (χ1n) is 23.6. The first kappa shape index (κ1) is 66.7. The van der Waals surface area contributed by atoms with Crippen LogP contribution in [0.2, 0.25) is 0 Å². The molecular formula is C43H69N9O24. The van der Waals surface area contributed by atoms with E-state index in [1.54, 1.807) is 0 Å². The first-order valence-corrected chi connectivity index (χ1v) is 23.6. The smallest absolute Gasteiger partial charge is 0.407 e. The summed E-state index contributed by atoms with van der Waals surface area (Å²) in [6.45, 7) is -7.01. The molecule has 430 valence electrons. The molecule has 76 heavy (non-hydrogen) atoms. The number of carboxylic acids is 10. The lowest BCUT2D eigenvalue weighted by molar-refractivity contribution is -0.146. The number of ether oxygens (including phenoxy) is 2. The normalized spacial score (nSPS) is 15.5. The molecule has 4 atom stereocenters. The van der Waals surface area contributed by atoms with E-state index in [2.05, 4.69) is 9.98 Å². The second-order valence-corrected chi connectivity index (χ2v) is 17.3. The third kappa shape index (κ3) is 30.8. The van der Waals surface area contributed by atoms with Gasteiger partial charge in [0.25, 0.3) is 0 Å². The van der Waals surface area contributed by atoms with Crippen LogP contribution >= 0.6 is 0 Å². The van der Waals surface area contributed by atoms with Crippen LogP contribution in [0.25, 0.3) is 0 Å². The molecule has 1 saturated heterocycles. The summed E-state index contributed by atoms with van der Waals surface area (Å²) < 4.78 is 11.4. The zero-order chi connectivity index (χ0) is 57.3. The Morgan fingerprint density at radius 1 is 0.408 bits per heavy atom. The predicted octanol–water partition coefficient (Wildman–Crippen LogP) is -3.46. The standard InChI is InChI=1S/C43H69N9O24/c53-33(54)19-46(20-34(55)56)9-13-50(14-10-47(21-35(57)58)22-36(59)60)29(41(69)70)5-1-3-7-44-27-75-31-17-52(43(73)74)18-32(31)76-28-45-8-4-2-6-30(42(71)72)51(15-11-48(23-37(61)62)24-38(63)64)16-12-49(25-39(65)66)26-40(67)68/h27-32H,1-26H2,(H,53,54)(H,55,56)(H,57,58)(H,59,60)(H,61,62)(H,63,64)(H,65,66)(H,67,68)(H,69,70)(H,71,72)(H,73,74). The van der Waals surface area contributed by atoms with E-state index in [4.69, 9.17) is 9.47 Å². The van der Waals surface area contributed by atoms with E-state index in [1.807, 2.05) is 0 Å². The van der Waals surface area contributed by atoms with Gasteiger partial charge in [-0.2, -0.15) is 0 Å². The Hall–Kier alpha value is -7.33. The van der Waals surface area contributed by atoms with Crippen LogP contribution in [0.15, 0.2) is 9.98 Å². The highest BCUT2D eigenvalue weighted by Gasteiger charge is 2.38. The van der Waals surface area contributed by atoms with Gasteiger partial charge in [-0.15, -0.1) is 0 Å². The molecule has 11 N–H and O–H groups in total. The molecule has 0 aromatic heterocycles. The van der Waals surface area contributed by atoms with Gasteiger partial charge in [0.15, 0.2) is 25.0 Å². The Labute approximate surface area is 434 Å². The van der Waals surface area contributed by atoms with Crippen LogP contribution in [-0.4, -0.2) is 324 Å². The summed E-state index contributed by atoms with van der Waals surface area (Å²) in [6.07, 6.45) is 0.237. The second-order valence-electron chi connectivity index (χ2n) is 17.3. The Morgan fingerprint density at radius 2 is 0.658 bits per heavy atom. The highest BCUT2D eigenvalue weighted by molar-refractivity contribution is 5.76. The van der Waals surface area contributed by atoms with E-state index in [9.17, 15) is 109 Å². The van der Waals surface area contributed by atoms with Gasteiger partial charge < -0.3 is 70.5 Å². The van der Waals surface area contributed by atoms with Gasteiger partial charge in [-0.05, 0) is 38.5 Å². The summed E-state index contributed by atoms with van der Waals surface area (Å²) in [5, 5.41) is 104. The summed E-state index contributed by atoms with van der Waals surface area (Å²) in [5.41, 5.74) is 0. The molecule has 0 aliphatic carbocycles. The quantitative estimate of drug-likeness (QED) is 0.0160. The van der Waals surface area contributed by atoms with Crippen molar-refractivity contribution in [2.24, 2.45) is 9.98 Å². The number of aliphatic imine (C=N–C) groups is 2. The lowest BCUT2D eigenvalue weighted by Gasteiger charge is -2.32. The number of rotatable bonds is 46. The largest absolute Gasteiger partial charge is 0.480 e. The topological polar surface area (TPSA) is 476 Å². The van der Waals surface area contributed by atoms with Crippen molar-refractivity contribution < 1.29 is 118 Å². The van der Waals surface area contributed by atoms with Crippen LogP contribution in [0.1, 0.15) is 38.5 Å². The molecule has 0 radical (unpaired) electrons. The molecule has 1 rings (SSSR count). The average Bonchev–Trinajstić information content (AvgIpc) is 3.69. The molecule has 33 nitrogen and oxygen atoms in total. The van der Waals surface area contributed by atoms with E-state index in [0.717, 1.165) is 37.3 Å². The van der Waals surface area contributed by atoms with E-state index in [1.165, 1.54) is 9.80 Å². The fourth-order valence-electron chi connectivity index (χ4n) is 7.83. The second kappa shape index (κ2) is 36.6. The van der Waals surface area contributed by atoms with Crippen LogP contribution in [0.3, 0.4) is 0 Å². The highest BCUT2D eigenvalue weighted by atomic mass is 16.5. The lowest BCUT2D eigenvalue weighted by Crippen LogP contribution is -2.50. The van der Waals surface area contributed by atoms with Crippen LogP contribution < -0.4 is 0 Å². The SMILES string of the molecule is O=C(O)CN(CCN(CCN(CC(=O)O)CC(=O)O)C(CCCCN=COC1CN(C(=O)O)CC1OC=NCCCCC(C(=O)O)N(CCN(CC(=O)O)CC(=O)O)CCN(CC(=O)O)CC(=O)O)C(=O)O)CC(=O)O. The zero-order valence-corrected chi connectivity index (χ0v) is 41.6. The van der Waals surface area contributed by atoms with Crippen molar-refractivity contribution in [2.45, 2.75) is 62.8 Å². The van der Waals surface area contributed by atoms with Gasteiger partial charge in [-0.25, -0.2) is 4.79 Å². The highest BCUT2D eigenvalue weighted by Crippen LogP contribution is 2.17. The number of hydrogen-bond acceptors (Lipinski definition) is 21. The maximum Gasteiger partial charge on any atom is 0.407 e. The number of hydrogen-bond donors (Lipinski definition) is 11. The van der Waals surface area contributed by atoms with Gasteiger partial charge in [0.1, 0.15) is 12.1 Å². The number of aliphatic carboxylic acids is 10. The summed E-state index contributed by atoms with van der Waals surface area (Å²) >= 11 is 0. The minimum absolute atomic E-state index is 0.0120. The number of nitrogens with zero attached hydrogens (tertiary/aromatic N) is 9. The molecule has 1 aliphatic rings. The molecule has 0 saturated carbocycles. The Morgan fingerprint density at radius 3 is 0.868 bits per heavy atom. The predicted molar refractivity (Wildman–Crippen MR) is 257 cm³/mol. The Bertz CT molecular complexity index is 1720. The van der Waals surface area contributed by atoms with Crippen LogP contribution in [-0.2, 0) is 57.4 Å². The molecular weight excluding hydrogens is 1030 g/mol. The van der Waals surface area contributed by atoms with Gasteiger partial charge in [0, 0.05) is 65.4 Å². The van der Waals surface area contributed by atoms with E-state index < -0.39 is 142 Å². The third-order valence-electron chi connectivity index (χ3n) is 11.3. The Balaban J connectivity index is 2.96. The monoisotopic (exact) mass is 1100 g/mol. The van der Waals surface area contributed by atoms with Crippen molar-refractivity contribution in [2.75, 3.05) is 131 Å². The van der Waals surface area contributed by atoms with Gasteiger partial charge >= 0.3 is 65.8 Å². The molecule has 4 unspecified atom stereocenters. The summed E-state index contributed by atoms with van der Waals surface area (Å²) in [6, 6.07) is -2.50. The van der Waals surface area contributed by atoms with Gasteiger partial charge in [0.05, 0.1) is 65.4 Å².